The molecule has 3 N–H and O–H groups in total. The van der Waals surface area contributed by atoms with Crippen molar-refractivity contribution in [1.82, 2.24) is 21.1 Å². The summed E-state index contributed by atoms with van der Waals surface area (Å²) >= 11 is 0. The second-order valence-corrected chi connectivity index (χ2v) is 10.7. The molecule has 3 amide bonds. The quantitative estimate of drug-likeness (QED) is 0.366. The van der Waals surface area contributed by atoms with Gasteiger partial charge in [-0.3, -0.25) is 19.2 Å². The first-order valence-corrected chi connectivity index (χ1v) is 11.7. The van der Waals surface area contributed by atoms with Gasteiger partial charge in [0.2, 0.25) is 11.8 Å². The van der Waals surface area contributed by atoms with Gasteiger partial charge in [-0.25, -0.2) is 0 Å². The number of ether oxygens (including phenoxy) is 2. The summed E-state index contributed by atoms with van der Waals surface area (Å²) in [6, 6.07) is -1.38. The van der Waals surface area contributed by atoms with Gasteiger partial charge in [-0.05, 0) is 31.6 Å². The molecular weight excluding hydrogens is 456 g/mol. The minimum absolute atomic E-state index is 0.0207. The van der Waals surface area contributed by atoms with Crippen LogP contribution in [0.1, 0.15) is 64.2 Å². The fourth-order valence-corrected chi connectivity index (χ4v) is 3.55. The van der Waals surface area contributed by atoms with Gasteiger partial charge in [0.05, 0.1) is 19.3 Å². The highest BCUT2D eigenvalue weighted by molar-refractivity contribution is 5.99. The van der Waals surface area contributed by atoms with Crippen LogP contribution in [0.4, 0.5) is 0 Å². The lowest BCUT2D eigenvalue weighted by atomic mass is 9.85. The molecule has 0 bridgehead atoms. The van der Waals surface area contributed by atoms with Gasteiger partial charge in [-0.1, -0.05) is 39.8 Å². The summed E-state index contributed by atoms with van der Waals surface area (Å²) in [4.78, 5) is 51.9. The third-order valence-corrected chi connectivity index (χ3v) is 5.67. The number of hydrogen-bond acceptors (Lipinski definition) is 8. The fourth-order valence-electron chi connectivity index (χ4n) is 3.55. The number of carbonyl (C=O) groups is 4. The molecule has 0 aliphatic carbocycles. The highest BCUT2D eigenvalue weighted by Crippen LogP contribution is 2.30. The molecular formula is C24H38N4O7. The van der Waals surface area contributed by atoms with Crippen LogP contribution >= 0.6 is 0 Å². The summed E-state index contributed by atoms with van der Waals surface area (Å²) in [6.07, 6.45) is 0.438. The molecule has 1 fully saturated rings. The number of methoxy groups -OCH3 is 1. The molecule has 1 aromatic heterocycles. The maximum absolute atomic E-state index is 13.3. The number of carbonyl (C=O) groups excluding carboxylic acids is 4. The van der Waals surface area contributed by atoms with Crippen molar-refractivity contribution >= 4 is 23.5 Å². The number of aryl methyl sites for hydroxylation is 1. The Morgan fingerprint density at radius 3 is 2.20 bits per heavy atom. The minimum atomic E-state index is -1.09. The normalized spacial score (nSPS) is 20.0. The summed E-state index contributed by atoms with van der Waals surface area (Å²) in [5.74, 6) is -1.32. The summed E-state index contributed by atoms with van der Waals surface area (Å²) in [6.45, 7) is 12.8. The summed E-state index contributed by atoms with van der Waals surface area (Å²) in [5.41, 5.74) is -1.57. The van der Waals surface area contributed by atoms with Crippen molar-refractivity contribution in [3.63, 3.8) is 0 Å². The zero-order valence-corrected chi connectivity index (χ0v) is 21.8. The monoisotopic (exact) mass is 494 g/mol. The Morgan fingerprint density at radius 1 is 1.11 bits per heavy atom. The van der Waals surface area contributed by atoms with E-state index in [0.29, 0.717) is 18.8 Å². The fraction of sp³-hybridized carbons (Fsp3) is 0.708. The Hall–Kier alpha value is -2.79. The van der Waals surface area contributed by atoms with Gasteiger partial charge in [0.1, 0.15) is 23.4 Å². The van der Waals surface area contributed by atoms with Crippen LogP contribution in [-0.2, 0) is 23.9 Å². The predicted octanol–water partition coefficient (Wildman–Crippen LogP) is 1.15. The molecule has 2 rings (SSSR count). The van der Waals surface area contributed by atoms with Crippen molar-refractivity contribution in [2.75, 3.05) is 20.3 Å². The van der Waals surface area contributed by atoms with E-state index in [-0.39, 0.29) is 24.0 Å². The van der Waals surface area contributed by atoms with E-state index in [2.05, 4.69) is 21.1 Å². The molecule has 35 heavy (non-hydrogen) atoms. The summed E-state index contributed by atoms with van der Waals surface area (Å²) in [5, 5.41) is 11.8. The molecule has 0 aromatic carbocycles. The van der Waals surface area contributed by atoms with Crippen molar-refractivity contribution < 1.29 is 33.2 Å². The molecule has 0 saturated carbocycles. The summed E-state index contributed by atoms with van der Waals surface area (Å²) < 4.78 is 15.3. The van der Waals surface area contributed by atoms with Crippen LogP contribution in [0.15, 0.2) is 10.6 Å². The molecule has 0 unspecified atom stereocenters. The van der Waals surface area contributed by atoms with Crippen molar-refractivity contribution in [3.8, 4) is 0 Å². The Bertz CT molecular complexity index is 931. The highest BCUT2D eigenvalue weighted by Gasteiger charge is 2.50. The van der Waals surface area contributed by atoms with Gasteiger partial charge < -0.3 is 29.9 Å². The first-order valence-electron chi connectivity index (χ1n) is 11.7. The average Bonchev–Trinajstić information content (AvgIpc) is 3.35. The topological polar surface area (TPSA) is 152 Å². The molecule has 196 valence electrons. The van der Waals surface area contributed by atoms with Gasteiger partial charge in [0.25, 0.3) is 5.91 Å². The lowest BCUT2D eigenvalue weighted by molar-refractivity contribution is -0.136. The van der Waals surface area contributed by atoms with Gasteiger partial charge >= 0.3 is 0 Å². The van der Waals surface area contributed by atoms with E-state index in [1.807, 2.05) is 13.8 Å². The van der Waals surface area contributed by atoms with E-state index in [1.165, 1.54) is 13.2 Å². The first-order chi connectivity index (χ1) is 16.2. The SMILES string of the molecule is COC[C@H](NC(=O)c1cc(C)on1)C(=O)N[C@H](C(=O)N[C@@H](CC(C)C)C(=O)[C@@]1(C)CO1)C(C)(C)C. The predicted molar refractivity (Wildman–Crippen MR) is 127 cm³/mol. The average molecular weight is 495 g/mol. The number of nitrogens with one attached hydrogen (secondary N) is 3. The third-order valence-electron chi connectivity index (χ3n) is 5.67. The Labute approximate surface area is 206 Å². The highest BCUT2D eigenvalue weighted by atomic mass is 16.6. The van der Waals surface area contributed by atoms with Crippen molar-refractivity contribution in [1.29, 1.82) is 0 Å². The summed E-state index contributed by atoms with van der Waals surface area (Å²) in [7, 11) is 1.39. The molecule has 1 aliphatic heterocycles. The van der Waals surface area contributed by atoms with Crippen LogP contribution in [0, 0.1) is 18.3 Å². The zero-order chi connectivity index (χ0) is 26.6. The Kier molecular flexibility index (Phi) is 9.18. The van der Waals surface area contributed by atoms with Crippen molar-refractivity contribution in [2.45, 2.75) is 78.6 Å². The maximum Gasteiger partial charge on any atom is 0.274 e. The van der Waals surface area contributed by atoms with Crippen LogP contribution in [0.25, 0.3) is 0 Å². The van der Waals surface area contributed by atoms with E-state index in [4.69, 9.17) is 14.0 Å². The van der Waals surface area contributed by atoms with E-state index in [0.717, 1.165) is 0 Å². The number of nitrogens with zero attached hydrogens (tertiary/aromatic N) is 1. The lowest BCUT2D eigenvalue weighted by Gasteiger charge is -2.33. The van der Waals surface area contributed by atoms with E-state index >= 15 is 0 Å². The van der Waals surface area contributed by atoms with Gasteiger partial charge in [0.15, 0.2) is 11.5 Å². The molecule has 0 radical (unpaired) electrons. The number of aromatic nitrogens is 1. The molecule has 1 aliphatic rings. The molecule has 11 heteroatoms. The second kappa shape index (κ2) is 11.3. The number of Topliss-reactive ketones (excluding diaryl/α,β-unsaturated/α-hetero) is 1. The molecule has 1 aromatic rings. The zero-order valence-electron chi connectivity index (χ0n) is 21.8. The number of rotatable bonds is 12. The standard InChI is InChI=1S/C24H38N4O7/c1-13(2)9-15(19(29)24(7)12-34-24)25-22(32)18(23(4,5)6)27-21(31)17(11-33-8)26-20(30)16-10-14(3)35-28-16/h10,13,15,17-18H,9,11-12H2,1-8H3,(H,25,32)(H,26,30)(H,27,31)/t15-,17-,18+,24+/m0/s1. The number of hydrogen-bond donors (Lipinski definition) is 3. The number of epoxide rings is 1. The van der Waals surface area contributed by atoms with Gasteiger partial charge in [-0.2, -0.15) is 0 Å². The molecule has 11 nitrogen and oxygen atoms in total. The number of ketones is 1. The van der Waals surface area contributed by atoms with Crippen LogP contribution in [0.3, 0.4) is 0 Å². The minimum Gasteiger partial charge on any atom is -0.382 e. The molecule has 1 saturated heterocycles. The van der Waals surface area contributed by atoms with Crippen LogP contribution in [-0.4, -0.2) is 72.7 Å². The smallest absolute Gasteiger partial charge is 0.274 e. The Morgan fingerprint density at radius 2 is 1.74 bits per heavy atom. The van der Waals surface area contributed by atoms with Gasteiger partial charge in [0, 0.05) is 13.2 Å². The lowest BCUT2D eigenvalue weighted by Crippen LogP contribution is -2.61. The maximum atomic E-state index is 13.3. The Balaban J connectivity index is 2.16. The van der Waals surface area contributed by atoms with Crippen LogP contribution in [0.5, 0.6) is 0 Å². The van der Waals surface area contributed by atoms with Crippen molar-refractivity contribution in [2.24, 2.45) is 11.3 Å². The van der Waals surface area contributed by atoms with Crippen LogP contribution < -0.4 is 16.0 Å². The molecule has 2 heterocycles. The molecule has 4 atom stereocenters. The van der Waals surface area contributed by atoms with Crippen molar-refractivity contribution in [3.05, 3.63) is 17.5 Å². The second-order valence-electron chi connectivity index (χ2n) is 10.7. The third kappa shape index (κ3) is 7.86. The van der Waals surface area contributed by atoms with E-state index < -0.39 is 46.9 Å². The van der Waals surface area contributed by atoms with E-state index in [1.54, 1.807) is 34.6 Å². The number of amides is 3. The first kappa shape index (κ1) is 28.4. The van der Waals surface area contributed by atoms with E-state index in [9.17, 15) is 19.2 Å². The largest absolute Gasteiger partial charge is 0.382 e. The molecule has 0 spiro atoms. The van der Waals surface area contributed by atoms with Gasteiger partial charge in [-0.15, -0.1) is 0 Å². The van der Waals surface area contributed by atoms with Crippen LogP contribution in [0.2, 0.25) is 0 Å².